The molecule has 0 aromatic heterocycles. The number of nitrogens with zero attached hydrogens (tertiary/aromatic N) is 5. The smallest absolute Gasteiger partial charge is 0.330 e. The number of aryl methyl sites for hydroxylation is 1. The van der Waals surface area contributed by atoms with Crippen molar-refractivity contribution in [3.63, 3.8) is 0 Å². The summed E-state index contributed by atoms with van der Waals surface area (Å²) in [6.45, 7) is 1.79. The van der Waals surface area contributed by atoms with Crippen molar-refractivity contribution < 1.29 is 71.9 Å². The van der Waals surface area contributed by atoms with Crippen LogP contribution in [0.2, 0.25) is 0 Å². The first-order valence-corrected chi connectivity index (χ1v) is 29.8. The van der Waals surface area contributed by atoms with Gasteiger partial charge in [0.1, 0.15) is 48.4 Å². The zero-order valence-corrected chi connectivity index (χ0v) is 52.3. The summed E-state index contributed by atoms with van der Waals surface area (Å²) >= 11 is 0. The summed E-state index contributed by atoms with van der Waals surface area (Å²) in [5.41, 5.74) is 1.72. The number of hydrogen-bond donors (Lipinski definition) is 3. The maximum absolute atomic E-state index is 14.9. The first-order chi connectivity index (χ1) is 43.0. The number of cyclic esters (lactones) is 2. The first-order valence-electron chi connectivity index (χ1n) is 29.8. The molecule has 3 N–H and O–H groups in total. The van der Waals surface area contributed by atoms with Gasteiger partial charge in [0.25, 0.3) is 11.8 Å². The van der Waals surface area contributed by atoms with Crippen molar-refractivity contribution in [2.24, 2.45) is 5.41 Å². The molecule has 5 aromatic rings. The Morgan fingerprint density at radius 1 is 0.644 bits per heavy atom. The Balaban J connectivity index is 1.22. The van der Waals surface area contributed by atoms with Crippen molar-refractivity contribution in [1.82, 2.24) is 35.1 Å². The number of piperazine rings is 1. The fourth-order valence-corrected chi connectivity index (χ4v) is 10.5. The largest absolute Gasteiger partial charge is 0.508 e. The Bertz CT molecular complexity index is 3360. The second kappa shape index (κ2) is 32.1. The van der Waals surface area contributed by atoms with E-state index in [1.807, 2.05) is 29.2 Å². The van der Waals surface area contributed by atoms with Crippen molar-refractivity contribution >= 4 is 53.2 Å². The molecule has 5 atom stereocenters. The van der Waals surface area contributed by atoms with Gasteiger partial charge in [0, 0.05) is 72.7 Å². The highest BCUT2D eigenvalue weighted by Crippen LogP contribution is 2.32. The fraction of sp³-hybridized carbons (Fsp3) is 0.397. The molecule has 0 aliphatic carbocycles. The fourth-order valence-electron chi connectivity index (χ4n) is 10.5. The Morgan fingerprint density at radius 3 is 1.92 bits per heavy atom. The minimum atomic E-state index is -1.54. The third-order valence-corrected chi connectivity index (χ3v) is 15.9. The van der Waals surface area contributed by atoms with Gasteiger partial charge in [0.15, 0.2) is 18.1 Å². The highest BCUT2D eigenvalue weighted by atomic mass is 16.5. The van der Waals surface area contributed by atoms with Crippen molar-refractivity contribution in [3.8, 4) is 23.0 Å². The SMILES string of the molecule is COc1ccc(CC[C@H]2OC(=O)[C@@H]3CN(C)CCN3C(=O)C(=O)C(C)(C)COC(=O)/C=C/CCN(C)C(=O)[C@@H](Cc3ccccc3)NC(=O)CN(C)C(=O)[C@@H](Cc3ccccc3)NC(=O)[C@H](Cc3ccc(O)cc3)N(C)C(=O)COc3cccc2c3)cc1OC. The van der Waals surface area contributed by atoms with Crippen LogP contribution in [0, 0.1) is 5.41 Å². The average Bonchev–Trinajstić information content (AvgIpc) is 1.38. The van der Waals surface area contributed by atoms with Gasteiger partial charge < -0.3 is 63.9 Å². The van der Waals surface area contributed by atoms with Crippen LogP contribution in [0.3, 0.4) is 0 Å². The van der Waals surface area contributed by atoms with Gasteiger partial charge in [-0.25, -0.2) is 9.59 Å². The molecule has 0 saturated carbocycles. The Morgan fingerprint density at radius 2 is 1.27 bits per heavy atom. The van der Waals surface area contributed by atoms with Crippen molar-refractivity contribution in [3.05, 3.63) is 167 Å². The van der Waals surface area contributed by atoms with Crippen LogP contribution in [0.5, 0.6) is 23.0 Å². The van der Waals surface area contributed by atoms with Crippen LogP contribution in [0.25, 0.3) is 0 Å². The lowest BCUT2D eigenvalue weighted by molar-refractivity contribution is -0.166. The van der Waals surface area contributed by atoms with Crippen LogP contribution >= 0.6 is 0 Å². The normalized spacial score (nSPS) is 21.6. The monoisotopic (exact) mass is 1240 g/mol. The van der Waals surface area contributed by atoms with Crippen molar-refractivity contribution in [2.45, 2.75) is 82.6 Å². The van der Waals surface area contributed by atoms with Gasteiger partial charge in [-0.2, -0.15) is 0 Å². The van der Waals surface area contributed by atoms with Crippen LogP contribution in [0.4, 0.5) is 0 Å². The van der Waals surface area contributed by atoms with Gasteiger partial charge in [0.05, 0.1) is 26.2 Å². The summed E-state index contributed by atoms with van der Waals surface area (Å²) in [5.74, 6) is -5.45. The summed E-state index contributed by atoms with van der Waals surface area (Å²) in [7, 11) is 9.19. The van der Waals surface area contributed by atoms with E-state index < -0.39 is 109 Å². The molecular formula is C68H81N7O15. The van der Waals surface area contributed by atoms with E-state index in [0.717, 1.165) is 22.1 Å². The average molecular weight is 1240 g/mol. The summed E-state index contributed by atoms with van der Waals surface area (Å²) in [6.07, 6.45) is 2.38. The predicted molar refractivity (Wildman–Crippen MR) is 333 cm³/mol. The Hall–Kier alpha value is -9.57. The summed E-state index contributed by atoms with van der Waals surface area (Å²) in [6, 6.07) is 31.2. The Kier molecular flexibility index (Phi) is 24.2. The number of methoxy groups -OCH3 is 2. The van der Waals surface area contributed by atoms with E-state index in [4.69, 9.17) is 23.7 Å². The quantitative estimate of drug-likeness (QED) is 0.120. The van der Waals surface area contributed by atoms with Gasteiger partial charge >= 0.3 is 11.9 Å². The van der Waals surface area contributed by atoms with Gasteiger partial charge in [-0.05, 0) is 104 Å². The number of fused-ring (bicyclic) bond motifs is 3. The number of aromatic hydroxyl groups is 1. The van der Waals surface area contributed by atoms with Crippen molar-refractivity contribution in [2.75, 3.05) is 88.3 Å². The van der Waals surface area contributed by atoms with Crippen LogP contribution in [0.1, 0.15) is 60.6 Å². The number of carbonyl (C=O) groups excluding carboxylic acids is 9. The Labute approximate surface area is 525 Å². The number of likely N-dealkylation sites (N-methyl/N-ethyl adjacent to an activating group) is 4. The molecule has 22 nitrogen and oxygen atoms in total. The second-order valence-corrected chi connectivity index (χ2v) is 23.2. The molecule has 2 bridgehead atoms. The van der Waals surface area contributed by atoms with Crippen LogP contribution in [-0.2, 0) is 78.3 Å². The van der Waals surface area contributed by atoms with E-state index in [1.165, 1.54) is 75.1 Å². The van der Waals surface area contributed by atoms with Crippen LogP contribution in [-0.4, -0.2) is 195 Å². The molecule has 90 heavy (non-hydrogen) atoms. The summed E-state index contributed by atoms with van der Waals surface area (Å²) < 4.78 is 29.0. The van der Waals surface area contributed by atoms with Crippen LogP contribution < -0.4 is 24.8 Å². The minimum Gasteiger partial charge on any atom is -0.508 e. The predicted octanol–water partition coefficient (Wildman–Crippen LogP) is 4.69. The van der Waals surface area contributed by atoms with E-state index in [2.05, 4.69) is 10.6 Å². The molecule has 7 rings (SSSR count). The number of hydrogen-bond acceptors (Lipinski definition) is 16. The summed E-state index contributed by atoms with van der Waals surface area (Å²) in [4.78, 5) is 135. The third kappa shape index (κ3) is 19.0. The topological polar surface area (TPSA) is 260 Å². The lowest BCUT2D eigenvalue weighted by Gasteiger charge is -2.39. The molecule has 1 saturated heterocycles. The lowest BCUT2D eigenvalue weighted by atomic mass is 9.87. The molecule has 1 fully saturated rings. The first kappa shape index (κ1) is 67.9. The summed E-state index contributed by atoms with van der Waals surface area (Å²) in [5, 5.41) is 15.9. The van der Waals surface area contributed by atoms with Gasteiger partial charge in [-0.15, -0.1) is 0 Å². The maximum Gasteiger partial charge on any atom is 0.330 e. The van der Waals surface area contributed by atoms with E-state index >= 15 is 0 Å². The number of carbonyl (C=O) groups is 9. The van der Waals surface area contributed by atoms with Gasteiger partial charge in [-0.3, -0.25) is 33.6 Å². The molecule has 2 heterocycles. The second-order valence-electron chi connectivity index (χ2n) is 23.2. The molecule has 0 unspecified atom stereocenters. The molecule has 478 valence electrons. The maximum atomic E-state index is 14.9. The molecule has 6 amide bonds. The van der Waals surface area contributed by atoms with E-state index in [0.29, 0.717) is 41.2 Å². The molecule has 0 radical (unpaired) electrons. The highest BCUT2D eigenvalue weighted by Gasteiger charge is 2.44. The minimum absolute atomic E-state index is 0.000923. The molecule has 5 aromatic carbocycles. The number of esters is 2. The number of ether oxygens (including phenoxy) is 5. The number of nitrogens with one attached hydrogen (secondary N) is 2. The number of Topliss-reactive ketones (excluding diaryl/α,β-unsaturated/α-hetero) is 1. The molecule has 0 spiro atoms. The number of amides is 6. The number of benzene rings is 5. The zero-order valence-electron chi connectivity index (χ0n) is 52.3. The van der Waals surface area contributed by atoms with Gasteiger partial charge in [-0.1, -0.05) is 97.1 Å². The number of phenols is 1. The number of rotatable bonds is 11. The van der Waals surface area contributed by atoms with E-state index in [-0.39, 0.29) is 63.2 Å². The van der Waals surface area contributed by atoms with Crippen LogP contribution in [0.15, 0.2) is 140 Å². The molecule has 22 heteroatoms. The lowest BCUT2D eigenvalue weighted by Crippen LogP contribution is -2.60. The highest BCUT2D eigenvalue weighted by molar-refractivity contribution is 6.38. The van der Waals surface area contributed by atoms with E-state index in [1.54, 1.807) is 105 Å². The molecule has 2 aliphatic rings. The number of ketones is 1. The van der Waals surface area contributed by atoms with Crippen molar-refractivity contribution in [1.29, 1.82) is 0 Å². The molecular weight excluding hydrogens is 1150 g/mol. The third-order valence-electron chi connectivity index (χ3n) is 15.9. The molecule has 2 aliphatic heterocycles. The number of phenolic OH excluding ortho intramolecular Hbond substituents is 1. The standard InChI is InChI=1S/C68H81N7O15/c1-68(2)44-89-61(79)24-15-16-33-72(4)64(82)52(36-45-18-11-9-12-19-45)69-59(77)42-73(5)65(83)53(37-46-20-13-10-14-21-46)70-63(81)54(38-47-25-29-50(76)30-26-47)74(6)60(78)43-88-51-23-17-22-49(40-51)56(31-27-48-28-32-57(86-7)58(39-48)87-8)90-67(85)55-41-71(3)34-35-75(55)66(84)62(68)80/h9-15,17-26,28-30,32,39-40,52-56,76H,16,27,31,33-38,41-44H2,1-8H3,(H,69,77)(H,70,81)/b24-15+/t52-,53-,54+,55+,56-/m1/s1. The zero-order chi connectivity index (χ0) is 65.1. The van der Waals surface area contributed by atoms with E-state index in [9.17, 15) is 48.3 Å². The van der Waals surface area contributed by atoms with Gasteiger partial charge in [0.2, 0.25) is 29.4 Å².